The third-order valence-electron chi connectivity index (χ3n) is 2.86. The first-order chi connectivity index (χ1) is 9.65. The normalized spacial score (nSPS) is 10.7. The molecule has 0 aliphatic rings. The molecule has 0 aliphatic heterocycles. The van der Waals surface area contributed by atoms with Gasteiger partial charge in [0.25, 0.3) is 5.91 Å². The van der Waals surface area contributed by atoms with Gasteiger partial charge in [0.05, 0.1) is 5.52 Å². The van der Waals surface area contributed by atoms with Crippen LogP contribution in [-0.2, 0) is 0 Å². The molecule has 100 valence electrons. The number of halogens is 2. The van der Waals surface area contributed by atoms with Crippen LogP contribution < -0.4 is 5.32 Å². The van der Waals surface area contributed by atoms with Crippen molar-refractivity contribution in [1.82, 2.24) is 10.2 Å². The Morgan fingerprint density at radius 2 is 1.90 bits per heavy atom. The van der Waals surface area contributed by atoms with E-state index in [0.717, 1.165) is 17.6 Å². The minimum Gasteiger partial charge on any atom is -0.320 e. The largest absolute Gasteiger partial charge is 0.320 e. The Kier molecular flexibility index (Phi) is 2.90. The molecule has 0 saturated heterocycles. The van der Waals surface area contributed by atoms with E-state index in [4.69, 9.17) is 0 Å². The van der Waals surface area contributed by atoms with E-state index >= 15 is 0 Å². The van der Waals surface area contributed by atoms with Crippen molar-refractivity contribution in [2.75, 3.05) is 5.32 Å². The summed E-state index contributed by atoms with van der Waals surface area (Å²) in [6.07, 6.45) is 0. The second kappa shape index (κ2) is 4.73. The van der Waals surface area contributed by atoms with Crippen LogP contribution in [-0.4, -0.2) is 16.1 Å². The van der Waals surface area contributed by atoms with Crippen LogP contribution in [0, 0.1) is 11.6 Å². The third-order valence-corrected chi connectivity index (χ3v) is 2.86. The maximum absolute atomic E-state index is 13.1. The number of aromatic amines is 1. The molecule has 2 N–H and O–H groups in total. The first-order valence-corrected chi connectivity index (χ1v) is 5.84. The summed E-state index contributed by atoms with van der Waals surface area (Å²) in [5.41, 5.74) is 1.09. The van der Waals surface area contributed by atoms with E-state index < -0.39 is 17.5 Å². The van der Waals surface area contributed by atoms with E-state index in [1.54, 1.807) is 18.2 Å². The molecule has 1 amide bonds. The maximum Gasteiger partial charge on any atom is 0.276 e. The van der Waals surface area contributed by atoms with Crippen LogP contribution in [0.15, 0.2) is 42.5 Å². The van der Waals surface area contributed by atoms with Gasteiger partial charge in [0.15, 0.2) is 17.3 Å². The van der Waals surface area contributed by atoms with Gasteiger partial charge in [-0.2, -0.15) is 5.10 Å². The lowest BCUT2D eigenvalue weighted by atomic mass is 10.2. The highest BCUT2D eigenvalue weighted by molar-refractivity contribution is 6.11. The van der Waals surface area contributed by atoms with Crippen molar-refractivity contribution in [3.63, 3.8) is 0 Å². The summed E-state index contributed by atoms with van der Waals surface area (Å²) >= 11 is 0. The molecule has 3 aromatic rings. The van der Waals surface area contributed by atoms with Gasteiger partial charge >= 0.3 is 0 Å². The highest BCUT2D eigenvalue weighted by atomic mass is 19.2. The average Bonchev–Trinajstić information content (AvgIpc) is 2.87. The summed E-state index contributed by atoms with van der Waals surface area (Å²) in [5, 5.41) is 9.79. The minimum absolute atomic E-state index is 0.168. The number of fused-ring (bicyclic) bond motifs is 1. The highest BCUT2D eigenvalue weighted by Crippen LogP contribution is 2.18. The molecule has 6 heteroatoms. The first-order valence-electron chi connectivity index (χ1n) is 5.84. The van der Waals surface area contributed by atoms with Gasteiger partial charge in [-0.1, -0.05) is 18.2 Å². The van der Waals surface area contributed by atoms with Crippen molar-refractivity contribution in [2.24, 2.45) is 0 Å². The second-order valence-electron chi connectivity index (χ2n) is 4.20. The van der Waals surface area contributed by atoms with Gasteiger partial charge in [-0.15, -0.1) is 0 Å². The van der Waals surface area contributed by atoms with E-state index in [9.17, 15) is 13.6 Å². The molecule has 0 fully saturated rings. The molecule has 0 spiro atoms. The Balaban J connectivity index is 1.91. The van der Waals surface area contributed by atoms with Crippen molar-refractivity contribution in [2.45, 2.75) is 0 Å². The molecule has 4 nitrogen and oxygen atoms in total. The molecule has 20 heavy (non-hydrogen) atoms. The standard InChI is InChI=1S/C14H9F2N3O/c15-10-6-5-8(7-11(10)16)17-14(20)13-9-3-1-2-4-12(9)18-19-13/h1-7H,(H,17,20)(H,18,19). The SMILES string of the molecule is O=C(Nc1ccc(F)c(F)c1)c1n[nH]c2ccccc12. The van der Waals surface area contributed by atoms with Crippen LogP contribution in [0.4, 0.5) is 14.5 Å². The van der Waals surface area contributed by atoms with Crippen LogP contribution >= 0.6 is 0 Å². The molecule has 1 aromatic heterocycles. The van der Waals surface area contributed by atoms with E-state index in [0.29, 0.717) is 5.39 Å². The summed E-state index contributed by atoms with van der Waals surface area (Å²) < 4.78 is 25.9. The van der Waals surface area contributed by atoms with E-state index in [2.05, 4.69) is 15.5 Å². The van der Waals surface area contributed by atoms with Gasteiger partial charge in [-0.3, -0.25) is 9.89 Å². The number of benzene rings is 2. The smallest absolute Gasteiger partial charge is 0.276 e. The fraction of sp³-hybridized carbons (Fsp3) is 0. The van der Waals surface area contributed by atoms with Gasteiger partial charge in [0.1, 0.15) is 0 Å². The van der Waals surface area contributed by atoms with Crippen molar-refractivity contribution in [3.05, 3.63) is 59.8 Å². The number of carbonyl (C=O) groups is 1. The lowest BCUT2D eigenvalue weighted by Crippen LogP contribution is -2.13. The molecule has 0 saturated carbocycles. The van der Waals surface area contributed by atoms with Crippen LogP contribution in [0.3, 0.4) is 0 Å². The molecule has 1 heterocycles. The van der Waals surface area contributed by atoms with Crippen LogP contribution in [0.5, 0.6) is 0 Å². The van der Waals surface area contributed by atoms with Crippen molar-refractivity contribution in [1.29, 1.82) is 0 Å². The van der Waals surface area contributed by atoms with Crippen LogP contribution in [0.2, 0.25) is 0 Å². The summed E-state index contributed by atoms with van der Waals surface area (Å²) in [5.74, 6) is -2.48. The summed E-state index contributed by atoms with van der Waals surface area (Å²) in [6.45, 7) is 0. The quantitative estimate of drug-likeness (QED) is 0.753. The number of hydrogen-bond acceptors (Lipinski definition) is 2. The Labute approximate surface area is 112 Å². The average molecular weight is 273 g/mol. The van der Waals surface area contributed by atoms with Crippen LogP contribution in [0.1, 0.15) is 10.5 Å². The van der Waals surface area contributed by atoms with Crippen LogP contribution in [0.25, 0.3) is 10.9 Å². The number of anilines is 1. The number of H-pyrrole nitrogens is 1. The molecular formula is C14H9F2N3O. The number of nitrogens with zero attached hydrogens (tertiary/aromatic N) is 1. The zero-order valence-corrected chi connectivity index (χ0v) is 10.2. The predicted molar refractivity (Wildman–Crippen MR) is 70.4 cm³/mol. The second-order valence-corrected chi connectivity index (χ2v) is 4.20. The summed E-state index contributed by atoms with van der Waals surface area (Å²) in [6, 6.07) is 10.3. The van der Waals surface area contributed by atoms with Crippen molar-refractivity contribution in [3.8, 4) is 0 Å². The maximum atomic E-state index is 13.1. The zero-order valence-electron chi connectivity index (χ0n) is 10.2. The molecule has 0 bridgehead atoms. The molecule has 0 atom stereocenters. The number of carbonyl (C=O) groups excluding carboxylic acids is 1. The number of amides is 1. The molecule has 0 aliphatic carbocycles. The fourth-order valence-corrected chi connectivity index (χ4v) is 1.90. The number of para-hydroxylation sites is 1. The Morgan fingerprint density at radius 3 is 2.70 bits per heavy atom. The monoisotopic (exact) mass is 273 g/mol. The van der Waals surface area contributed by atoms with E-state index in [-0.39, 0.29) is 11.4 Å². The molecule has 3 rings (SSSR count). The summed E-state index contributed by atoms with van der Waals surface area (Å²) in [4.78, 5) is 12.1. The molecule has 2 aromatic carbocycles. The first kappa shape index (κ1) is 12.3. The van der Waals surface area contributed by atoms with Gasteiger partial charge < -0.3 is 5.32 Å². The number of rotatable bonds is 2. The van der Waals surface area contributed by atoms with Gasteiger partial charge in [-0.25, -0.2) is 8.78 Å². The van der Waals surface area contributed by atoms with Gasteiger partial charge in [0.2, 0.25) is 0 Å². The molecular weight excluding hydrogens is 264 g/mol. The molecule has 0 unspecified atom stereocenters. The van der Waals surface area contributed by atoms with E-state index in [1.165, 1.54) is 6.07 Å². The molecule has 0 radical (unpaired) electrons. The minimum atomic E-state index is -1.02. The topological polar surface area (TPSA) is 57.8 Å². The van der Waals surface area contributed by atoms with Crippen molar-refractivity contribution >= 4 is 22.5 Å². The van der Waals surface area contributed by atoms with Crippen molar-refractivity contribution < 1.29 is 13.6 Å². The Hall–Kier alpha value is -2.76. The zero-order chi connectivity index (χ0) is 14.1. The summed E-state index contributed by atoms with van der Waals surface area (Å²) in [7, 11) is 0. The fourth-order valence-electron chi connectivity index (χ4n) is 1.90. The number of hydrogen-bond donors (Lipinski definition) is 2. The predicted octanol–water partition coefficient (Wildman–Crippen LogP) is 3.09. The van der Waals surface area contributed by atoms with Gasteiger partial charge in [-0.05, 0) is 18.2 Å². The number of aromatic nitrogens is 2. The highest BCUT2D eigenvalue weighted by Gasteiger charge is 2.14. The Bertz CT molecular complexity index is 798. The van der Waals surface area contributed by atoms with E-state index in [1.807, 2.05) is 6.07 Å². The third kappa shape index (κ3) is 2.11. The lowest BCUT2D eigenvalue weighted by molar-refractivity contribution is 0.102. The van der Waals surface area contributed by atoms with Gasteiger partial charge in [0, 0.05) is 17.1 Å². The Morgan fingerprint density at radius 1 is 1.10 bits per heavy atom. The lowest BCUT2D eigenvalue weighted by Gasteiger charge is -2.03. The number of nitrogens with one attached hydrogen (secondary N) is 2.